The van der Waals surface area contributed by atoms with E-state index in [1.807, 2.05) is 30.3 Å². The van der Waals surface area contributed by atoms with Crippen molar-refractivity contribution < 1.29 is 9.66 Å². The van der Waals surface area contributed by atoms with Crippen molar-refractivity contribution in [3.8, 4) is 5.75 Å². The third kappa shape index (κ3) is 3.03. The third-order valence-electron chi connectivity index (χ3n) is 3.56. The Balaban J connectivity index is 2.06. The molecule has 0 spiro atoms. The molecule has 3 rings (SSSR count). The first-order valence-corrected chi connectivity index (χ1v) is 7.03. The van der Waals surface area contributed by atoms with E-state index in [1.165, 1.54) is 6.07 Å². The molecule has 1 aromatic heterocycles. The van der Waals surface area contributed by atoms with Gasteiger partial charge in [-0.15, -0.1) is 0 Å². The van der Waals surface area contributed by atoms with Crippen molar-refractivity contribution in [2.24, 2.45) is 0 Å². The summed E-state index contributed by atoms with van der Waals surface area (Å²) in [5.74, 6) is 0.742. The Morgan fingerprint density at radius 3 is 2.65 bits per heavy atom. The molecule has 5 nitrogen and oxygen atoms in total. The second-order valence-electron chi connectivity index (χ2n) is 4.93. The van der Waals surface area contributed by atoms with E-state index >= 15 is 0 Å². The lowest BCUT2D eigenvalue weighted by atomic mass is 10.1. The molecule has 2 aromatic carbocycles. The highest BCUT2D eigenvalue weighted by atomic mass is 16.6. The number of nitro benzene ring substituents is 1. The number of fused-ring (bicyclic) bond motifs is 1. The lowest BCUT2D eigenvalue weighted by Gasteiger charge is -2.05. The van der Waals surface area contributed by atoms with E-state index in [0.717, 1.165) is 22.2 Å². The summed E-state index contributed by atoms with van der Waals surface area (Å²) in [6, 6.07) is 14.2. The zero-order valence-corrected chi connectivity index (χ0v) is 12.5. The molecule has 114 valence electrons. The molecule has 0 amide bonds. The Labute approximate surface area is 133 Å². The third-order valence-corrected chi connectivity index (χ3v) is 3.56. The molecular weight excluding hydrogens is 292 g/mol. The van der Waals surface area contributed by atoms with Crippen molar-refractivity contribution in [3.63, 3.8) is 0 Å². The first-order valence-electron chi connectivity index (χ1n) is 7.03. The van der Waals surface area contributed by atoms with E-state index in [2.05, 4.69) is 4.98 Å². The van der Waals surface area contributed by atoms with Gasteiger partial charge in [-0.3, -0.25) is 15.1 Å². The minimum atomic E-state index is -0.382. The van der Waals surface area contributed by atoms with Crippen LogP contribution in [0.4, 0.5) is 5.69 Å². The predicted molar refractivity (Wildman–Crippen MR) is 90.3 cm³/mol. The average molecular weight is 306 g/mol. The maximum atomic E-state index is 11.1. The van der Waals surface area contributed by atoms with Crippen LogP contribution in [0.3, 0.4) is 0 Å². The Morgan fingerprint density at radius 2 is 1.87 bits per heavy atom. The van der Waals surface area contributed by atoms with E-state index in [1.54, 1.807) is 37.6 Å². The molecule has 3 aromatic rings. The lowest BCUT2D eigenvalue weighted by Crippen LogP contribution is -1.90. The van der Waals surface area contributed by atoms with E-state index in [4.69, 9.17) is 4.74 Å². The van der Waals surface area contributed by atoms with Gasteiger partial charge < -0.3 is 4.74 Å². The summed E-state index contributed by atoms with van der Waals surface area (Å²) in [4.78, 5) is 15.0. The van der Waals surface area contributed by atoms with Gasteiger partial charge in [0.05, 0.1) is 23.1 Å². The Morgan fingerprint density at radius 1 is 1.09 bits per heavy atom. The molecule has 0 bridgehead atoms. The number of hydrogen-bond acceptors (Lipinski definition) is 4. The van der Waals surface area contributed by atoms with Gasteiger partial charge in [-0.1, -0.05) is 18.2 Å². The van der Waals surface area contributed by atoms with Gasteiger partial charge >= 0.3 is 0 Å². The van der Waals surface area contributed by atoms with Crippen molar-refractivity contribution in [2.45, 2.75) is 0 Å². The van der Waals surface area contributed by atoms with Gasteiger partial charge in [0.15, 0.2) is 0 Å². The number of nitrogens with zero attached hydrogens (tertiary/aromatic N) is 2. The fourth-order valence-corrected chi connectivity index (χ4v) is 2.39. The van der Waals surface area contributed by atoms with Crippen LogP contribution in [-0.4, -0.2) is 17.0 Å². The van der Waals surface area contributed by atoms with Crippen LogP contribution in [0.5, 0.6) is 5.75 Å². The topological polar surface area (TPSA) is 65.3 Å². The maximum absolute atomic E-state index is 11.1. The van der Waals surface area contributed by atoms with E-state index in [-0.39, 0.29) is 10.6 Å². The number of rotatable bonds is 4. The van der Waals surface area contributed by atoms with Gasteiger partial charge in [0.2, 0.25) is 0 Å². The number of benzene rings is 2. The minimum Gasteiger partial charge on any atom is -0.497 e. The SMILES string of the molecule is COc1ccc2nccc(/C=C\c3ccccc3[N+](=O)[O-])c2c1. The normalized spacial score (nSPS) is 11.0. The number of aromatic nitrogens is 1. The van der Waals surface area contributed by atoms with Crippen molar-refractivity contribution >= 4 is 28.7 Å². The predicted octanol–water partition coefficient (Wildman–Crippen LogP) is 4.32. The Bertz CT molecular complexity index is 904. The summed E-state index contributed by atoms with van der Waals surface area (Å²) in [6.45, 7) is 0. The number of hydrogen-bond donors (Lipinski definition) is 0. The molecule has 0 N–H and O–H groups in total. The van der Waals surface area contributed by atoms with E-state index < -0.39 is 0 Å². The highest BCUT2D eigenvalue weighted by Gasteiger charge is 2.09. The van der Waals surface area contributed by atoms with Gasteiger partial charge in [0.25, 0.3) is 5.69 Å². The van der Waals surface area contributed by atoms with Crippen molar-refractivity contribution in [1.82, 2.24) is 4.98 Å². The van der Waals surface area contributed by atoms with Crippen molar-refractivity contribution in [2.75, 3.05) is 7.11 Å². The zero-order valence-electron chi connectivity index (χ0n) is 12.5. The van der Waals surface area contributed by atoms with E-state index in [9.17, 15) is 10.1 Å². The molecular formula is C18H14N2O3. The number of methoxy groups -OCH3 is 1. The largest absolute Gasteiger partial charge is 0.497 e. The summed E-state index contributed by atoms with van der Waals surface area (Å²) in [7, 11) is 1.61. The zero-order chi connectivity index (χ0) is 16.2. The van der Waals surface area contributed by atoms with Gasteiger partial charge in [-0.05, 0) is 42.0 Å². The molecule has 0 aliphatic rings. The molecule has 0 saturated carbocycles. The molecule has 5 heteroatoms. The number of ether oxygens (including phenoxy) is 1. The molecule has 0 aliphatic carbocycles. The Hall–Kier alpha value is -3.21. The van der Waals surface area contributed by atoms with Crippen LogP contribution in [-0.2, 0) is 0 Å². The molecule has 0 unspecified atom stereocenters. The summed E-state index contributed by atoms with van der Waals surface area (Å²) in [5, 5.41) is 12.0. The fourth-order valence-electron chi connectivity index (χ4n) is 2.39. The van der Waals surface area contributed by atoms with Gasteiger partial charge in [-0.25, -0.2) is 0 Å². The van der Waals surface area contributed by atoms with Crippen LogP contribution in [0.2, 0.25) is 0 Å². The number of pyridine rings is 1. The van der Waals surface area contributed by atoms with Gasteiger partial charge in [-0.2, -0.15) is 0 Å². The fraction of sp³-hybridized carbons (Fsp3) is 0.0556. The number of nitro groups is 1. The molecule has 0 radical (unpaired) electrons. The van der Waals surface area contributed by atoms with Crippen LogP contribution in [0.25, 0.3) is 23.1 Å². The van der Waals surface area contributed by atoms with Crippen LogP contribution in [0, 0.1) is 10.1 Å². The Kier molecular flexibility index (Phi) is 4.01. The first kappa shape index (κ1) is 14.7. The van der Waals surface area contributed by atoms with Crippen LogP contribution >= 0.6 is 0 Å². The number of para-hydroxylation sites is 1. The molecule has 0 saturated heterocycles. The quantitative estimate of drug-likeness (QED) is 0.532. The molecule has 0 fully saturated rings. The second-order valence-corrected chi connectivity index (χ2v) is 4.93. The van der Waals surface area contributed by atoms with Crippen LogP contribution < -0.4 is 4.74 Å². The molecule has 23 heavy (non-hydrogen) atoms. The van der Waals surface area contributed by atoms with Gasteiger partial charge in [0.1, 0.15) is 5.75 Å². The summed E-state index contributed by atoms with van der Waals surface area (Å²) >= 11 is 0. The standard InChI is InChI=1S/C18H14N2O3/c1-23-15-8-9-17-16(12-15)13(10-11-19-17)6-7-14-4-2-3-5-18(14)20(21)22/h2-12H,1H3/b7-6-. The second kappa shape index (κ2) is 6.27. The summed E-state index contributed by atoms with van der Waals surface area (Å²) in [5.41, 5.74) is 2.41. The molecule has 0 atom stereocenters. The van der Waals surface area contributed by atoms with Crippen molar-refractivity contribution in [3.05, 3.63) is 76.0 Å². The molecule has 1 heterocycles. The highest BCUT2D eigenvalue weighted by molar-refractivity contribution is 5.91. The van der Waals surface area contributed by atoms with Crippen LogP contribution in [0.1, 0.15) is 11.1 Å². The average Bonchev–Trinajstić information content (AvgIpc) is 2.59. The van der Waals surface area contributed by atoms with E-state index in [0.29, 0.717) is 5.56 Å². The first-order chi connectivity index (χ1) is 11.2. The summed E-state index contributed by atoms with van der Waals surface area (Å²) in [6.07, 6.45) is 5.31. The van der Waals surface area contributed by atoms with Gasteiger partial charge in [0, 0.05) is 17.6 Å². The lowest BCUT2D eigenvalue weighted by molar-refractivity contribution is -0.385. The smallest absolute Gasteiger partial charge is 0.276 e. The molecule has 0 aliphatic heterocycles. The highest BCUT2D eigenvalue weighted by Crippen LogP contribution is 2.25. The minimum absolute atomic E-state index is 0.0830. The van der Waals surface area contributed by atoms with Crippen molar-refractivity contribution in [1.29, 1.82) is 0 Å². The van der Waals surface area contributed by atoms with Crippen LogP contribution in [0.15, 0.2) is 54.7 Å². The monoisotopic (exact) mass is 306 g/mol. The maximum Gasteiger partial charge on any atom is 0.276 e. The summed E-state index contributed by atoms with van der Waals surface area (Å²) < 4.78 is 5.25.